The predicted octanol–water partition coefficient (Wildman–Crippen LogP) is 2.30. The van der Waals surface area contributed by atoms with E-state index in [1.54, 1.807) is 0 Å². The van der Waals surface area contributed by atoms with Gasteiger partial charge in [-0.1, -0.05) is 18.2 Å². The Hall–Kier alpha value is -2.07. The average Bonchev–Trinajstić information content (AvgIpc) is 2.96. The third kappa shape index (κ3) is 1.94. The Labute approximate surface area is 112 Å². The summed E-state index contributed by atoms with van der Waals surface area (Å²) in [6, 6.07) is 10.4. The number of H-pyrrole nitrogens is 1. The summed E-state index contributed by atoms with van der Waals surface area (Å²) in [4.78, 5) is 3.31. The second-order valence-electron chi connectivity index (χ2n) is 4.91. The number of benzene rings is 1. The van der Waals surface area contributed by atoms with E-state index in [4.69, 9.17) is 5.73 Å². The minimum Gasteiger partial charge on any atom is -0.361 e. The summed E-state index contributed by atoms with van der Waals surface area (Å²) in [6.07, 6.45) is 2.06. The van der Waals surface area contributed by atoms with E-state index in [0.29, 0.717) is 6.54 Å². The number of nitrogens with zero attached hydrogens (tertiary/aromatic N) is 2. The molecule has 3 N–H and O–H groups in total. The Morgan fingerprint density at radius 3 is 2.84 bits per heavy atom. The summed E-state index contributed by atoms with van der Waals surface area (Å²) in [7, 11) is 1.97. The first-order valence-electron chi connectivity index (χ1n) is 6.47. The molecule has 1 unspecified atom stereocenters. The summed E-state index contributed by atoms with van der Waals surface area (Å²) in [6.45, 7) is 2.58. The highest BCUT2D eigenvalue weighted by Crippen LogP contribution is 2.30. The van der Waals surface area contributed by atoms with E-state index < -0.39 is 0 Å². The van der Waals surface area contributed by atoms with Crippen molar-refractivity contribution in [2.75, 3.05) is 6.54 Å². The van der Waals surface area contributed by atoms with Gasteiger partial charge in [0.25, 0.3) is 0 Å². The molecule has 4 heteroatoms. The zero-order valence-corrected chi connectivity index (χ0v) is 11.2. The zero-order chi connectivity index (χ0) is 13.4. The fourth-order valence-corrected chi connectivity index (χ4v) is 2.75. The van der Waals surface area contributed by atoms with Gasteiger partial charge in [0, 0.05) is 42.3 Å². The first kappa shape index (κ1) is 12.0. The highest BCUT2D eigenvalue weighted by atomic mass is 15.3. The predicted molar refractivity (Wildman–Crippen MR) is 77.1 cm³/mol. The van der Waals surface area contributed by atoms with Crippen molar-refractivity contribution >= 4 is 10.9 Å². The highest BCUT2D eigenvalue weighted by molar-refractivity contribution is 5.84. The SMILES string of the molecule is Cc1cc(C(CN)c2c[nH]c3ccccc23)n(C)n1. The maximum absolute atomic E-state index is 6.01. The Kier molecular flexibility index (Phi) is 2.87. The molecule has 0 fully saturated rings. The third-order valence-corrected chi connectivity index (χ3v) is 3.63. The number of fused-ring (bicyclic) bond motifs is 1. The molecule has 0 spiro atoms. The maximum Gasteiger partial charge on any atom is 0.0596 e. The molecule has 0 aliphatic rings. The summed E-state index contributed by atoms with van der Waals surface area (Å²) >= 11 is 0. The van der Waals surface area contributed by atoms with Crippen molar-refractivity contribution in [3.05, 3.63) is 53.5 Å². The quantitative estimate of drug-likeness (QED) is 0.753. The number of aryl methyl sites for hydroxylation is 2. The number of hydrogen-bond acceptors (Lipinski definition) is 2. The number of aromatic nitrogens is 3. The van der Waals surface area contributed by atoms with Crippen molar-refractivity contribution in [2.24, 2.45) is 12.8 Å². The minimum atomic E-state index is 0.169. The molecule has 0 amide bonds. The number of aromatic amines is 1. The van der Waals surface area contributed by atoms with Crippen LogP contribution in [0.4, 0.5) is 0 Å². The monoisotopic (exact) mass is 254 g/mol. The molecule has 0 saturated heterocycles. The average molecular weight is 254 g/mol. The van der Waals surface area contributed by atoms with Gasteiger partial charge in [-0.3, -0.25) is 4.68 Å². The lowest BCUT2D eigenvalue weighted by Crippen LogP contribution is -2.16. The Bertz CT molecular complexity index is 708. The molecule has 2 heterocycles. The van der Waals surface area contributed by atoms with E-state index in [1.807, 2.05) is 24.7 Å². The second-order valence-corrected chi connectivity index (χ2v) is 4.91. The van der Waals surface area contributed by atoms with Gasteiger partial charge in [0.05, 0.1) is 5.69 Å². The first-order valence-corrected chi connectivity index (χ1v) is 6.47. The molecule has 0 saturated carbocycles. The molecule has 98 valence electrons. The van der Waals surface area contributed by atoms with Crippen molar-refractivity contribution in [3.63, 3.8) is 0 Å². The summed E-state index contributed by atoms with van der Waals surface area (Å²) in [5.74, 6) is 0.169. The van der Waals surface area contributed by atoms with Gasteiger partial charge < -0.3 is 10.7 Å². The van der Waals surface area contributed by atoms with Gasteiger partial charge in [-0.25, -0.2) is 0 Å². The lowest BCUT2D eigenvalue weighted by Gasteiger charge is -2.14. The molecule has 1 aromatic carbocycles. The lowest BCUT2D eigenvalue weighted by molar-refractivity contribution is 0.662. The van der Waals surface area contributed by atoms with Crippen molar-refractivity contribution in [1.29, 1.82) is 0 Å². The fraction of sp³-hybridized carbons (Fsp3) is 0.267. The van der Waals surface area contributed by atoms with Crippen LogP contribution in [0.3, 0.4) is 0 Å². The molecule has 0 bridgehead atoms. The van der Waals surface area contributed by atoms with E-state index in [0.717, 1.165) is 16.9 Å². The van der Waals surface area contributed by atoms with Crippen LogP contribution in [-0.2, 0) is 7.05 Å². The van der Waals surface area contributed by atoms with E-state index in [-0.39, 0.29) is 5.92 Å². The summed E-state index contributed by atoms with van der Waals surface area (Å²) < 4.78 is 1.93. The molecule has 0 aliphatic heterocycles. The molecule has 0 aliphatic carbocycles. The minimum absolute atomic E-state index is 0.169. The lowest BCUT2D eigenvalue weighted by atomic mass is 9.95. The standard InChI is InChI=1S/C15H18N4/c1-10-7-15(19(2)18-10)12(8-16)13-9-17-14-6-4-3-5-11(13)14/h3-7,9,12,17H,8,16H2,1-2H3. The highest BCUT2D eigenvalue weighted by Gasteiger charge is 2.19. The smallest absolute Gasteiger partial charge is 0.0596 e. The van der Waals surface area contributed by atoms with Gasteiger partial charge in [-0.2, -0.15) is 5.10 Å². The molecule has 19 heavy (non-hydrogen) atoms. The Balaban J connectivity index is 2.15. The van der Waals surface area contributed by atoms with E-state index in [9.17, 15) is 0 Å². The van der Waals surface area contributed by atoms with Gasteiger partial charge in [-0.15, -0.1) is 0 Å². The summed E-state index contributed by atoms with van der Waals surface area (Å²) in [5, 5.41) is 5.65. The normalized spacial score (nSPS) is 13.0. The fourth-order valence-electron chi connectivity index (χ4n) is 2.75. The molecule has 2 aromatic heterocycles. The number of hydrogen-bond donors (Lipinski definition) is 2. The number of para-hydroxylation sites is 1. The molecule has 0 radical (unpaired) electrons. The van der Waals surface area contributed by atoms with Gasteiger partial charge in [0.1, 0.15) is 0 Å². The van der Waals surface area contributed by atoms with E-state index in [1.165, 1.54) is 10.9 Å². The van der Waals surface area contributed by atoms with Crippen LogP contribution in [0.2, 0.25) is 0 Å². The summed E-state index contributed by atoms with van der Waals surface area (Å²) in [5.41, 5.74) is 10.6. The molecular weight excluding hydrogens is 236 g/mol. The maximum atomic E-state index is 6.01. The van der Waals surface area contributed by atoms with Crippen LogP contribution in [0.1, 0.15) is 22.9 Å². The van der Waals surface area contributed by atoms with Gasteiger partial charge >= 0.3 is 0 Å². The number of nitrogens with one attached hydrogen (secondary N) is 1. The van der Waals surface area contributed by atoms with Crippen LogP contribution in [0.5, 0.6) is 0 Å². The van der Waals surface area contributed by atoms with Gasteiger partial charge in [0.15, 0.2) is 0 Å². The van der Waals surface area contributed by atoms with Crippen molar-refractivity contribution in [2.45, 2.75) is 12.8 Å². The third-order valence-electron chi connectivity index (χ3n) is 3.63. The van der Waals surface area contributed by atoms with Crippen LogP contribution < -0.4 is 5.73 Å². The van der Waals surface area contributed by atoms with Crippen LogP contribution in [0.15, 0.2) is 36.5 Å². The van der Waals surface area contributed by atoms with Crippen molar-refractivity contribution in [1.82, 2.24) is 14.8 Å². The number of nitrogens with two attached hydrogens (primary N) is 1. The van der Waals surface area contributed by atoms with Crippen LogP contribution in [0, 0.1) is 6.92 Å². The topological polar surface area (TPSA) is 59.6 Å². The van der Waals surface area contributed by atoms with Crippen molar-refractivity contribution in [3.8, 4) is 0 Å². The Morgan fingerprint density at radius 2 is 2.16 bits per heavy atom. The van der Waals surface area contributed by atoms with E-state index >= 15 is 0 Å². The van der Waals surface area contributed by atoms with Crippen molar-refractivity contribution < 1.29 is 0 Å². The van der Waals surface area contributed by atoms with Gasteiger partial charge in [-0.05, 0) is 24.6 Å². The molecule has 4 nitrogen and oxygen atoms in total. The molecule has 3 rings (SSSR count). The first-order chi connectivity index (χ1) is 9.20. The van der Waals surface area contributed by atoms with E-state index in [2.05, 4.69) is 40.5 Å². The largest absolute Gasteiger partial charge is 0.361 e. The number of rotatable bonds is 3. The molecule has 3 aromatic rings. The van der Waals surface area contributed by atoms with Crippen LogP contribution in [0.25, 0.3) is 10.9 Å². The Morgan fingerprint density at radius 1 is 1.37 bits per heavy atom. The zero-order valence-electron chi connectivity index (χ0n) is 11.2. The van der Waals surface area contributed by atoms with Crippen LogP contribution in [-0.4, -0.2) is 21.3 Å². The molecular formula is C15H18N4. The van der Waals surface area contributed by atoms with Crippen LogP contribution >= 0.6 is 0 Å². The van der Waals surface area contributed by atoms with Gasteiger partial charge in [0.2, 0.25) is 0 Å². The second kappa shape index (κ2) is 4.55. The molecule has 1 atom stereocenters.